The van der Waals surface area contributed by atoms with Crippen LogP contribution in [0.5, 0.6) is 0 Å². The third-order valence-electron chi connectivity index (χ3n) is 6.09. The average Bonchev–Trinajstić information content (AvgIpc) is 3.41. The van der Waals surface area contributed by atoms with E-state index in [9.17, 15) is 22.4 Å². The van der Waals surface area contributed by atoms with E-state index in [-0.39, 0.29) is 34.3 Å². The summed E-state index contributed by atoms with van der Waals surface area (Å²) in [5.74, 6) is -2.59. The summed E-state index contributed by atoms with van der Waals surface area (Å²) >= 11 is 5.82. The van der Waals surface area contributed by atoms with Crippen LogP contribution in [0.3, 0.4) is 0 Å². The second kappa shape index (κ2) is 8.11. The minimum absolute atomic E-state index is 0.0337. The second-order valence-corrected chi connectivity index (χ2v) is 8.47. The Kier molecular flexibility index (Phi) is 5.37. The van der Waals surface area contributed by atoms with E-state index in [1.54, 1.807) is 23.1 Å². The molecule has 2 aliphatic heterocycles. The number of aromatic nitrogens is 2. The van der Waals surface area contributed by atoms with E-state index >= 15 is 0 Å². The highest BCUT2D eigenvalue weighted by atomic mass is 35.5. The molecule has 1 fully saturated rings. The number of rotatable bonds is 3. The third-order valence-corrected chi connectivity index (χ3v) is 6.39. The topological polar surface area (TPSA) is 71.3 Å². The van der Waals surface area contributed by atoms with Crippen LogP contribution in [-0.2, 0) is 12.7 Å². The Morgan fingerprint density at radius 1 is 1.18 bits per heavy atom. The third kappa shape index (κ3) is 3.97. The van der Waals surface area contributed by atoms with Crippen molar-refractivity contribution in [3.63, 3.8) is 0 Å². The lowest BCUT2D eigenvalue weighted by Gasteiger charge is -2.38. The van der Waals surface area contributed by atoms with Crippen LogP contribution in [0.4, 0.5) is 17.6 Å². The Hall–Kier alpha value is -2.98. The molecule has 1 amide bonds. The van der Waals surface area contributed by atoms with Crippen LogP contribution in [0, 0.1) is 5.82 Å². The van der Waals surface area contributed by atoms with Gasteiger partial charge in [-0.05, 0) is 42.3 Å². The van der Waals surface area contributed by atoms with Crippen molar-refractivity contribution in [1.82, 2.24) is 20.4 Å². The zero-order chi connectivity index (χ0) is 23.3. The SMILES string of the molecule is O=C1c2cc(-c3noc(C(F)(F)F)n3)ccc2CN1C1CCNC[C@H]1c1ccc(Cl)c(F)c1. The van der Waals surface area contributed by atoms with Crippen molar-refractivity contribution < 1.29 is 26.9 Å². The first-order valence-corrected chi connectivity index (χ1v) is 10.6. The highest BCUT2D eigenvalue weighted by Crippen LogP contribution is 2.36. The highest BCUT2D eigenvalue weighted by Gasteiger charge is 2.40. The fourth-order valence-corrected chi connectivity index (χ4v) is 4.60. The molecule has 3 aromatic rings. The number of halogens is 5. The molecule has 2 atom stereocenters. The molecule has 5 rings (SSSR count). The summed E-state index contributed by atoms with van der Waals surface area (Å²) in [6.45, 7) is 1.62. The number of benzene rings is 2. The Morgan fingerprint density at radius 2 is 2.00 bits per heavy atom. The molecule has 0 spiro atoms. The molecule has 172 valence electrons. The molecule has 6 nitrogen and oxygen atoms in total. The lowest BCUT2D eigenvalue weighted by molar-refractivity contribution is -0.159. The lowest BCUT2D eigenvalue weighted by atomic mass is 9.86. The monoisotopic (exact) mass is 480 g/mol. The molecule has 1 aromatic heterocycles. The largest absolute Gasteiger partial charge is 0.471 e. The molecular weight excluding hydrogens is 464 g/mol. The van der Waals surface area contributed by atoms with Gasteiger partial charge in [0.05, 0.1) is 5.02 Å². The number of fused-ring (bicyclic) bond motifs is 1. The average molecular weight is 481 g/mol. The Labute approximate surface area is 190 Å². The van der Waals surface area contributed by atoms with E-state index in [0.29, 0.717) is 31.6 Å². The molecule has 0 radical (unpaired) electrons. The molecule has 2 aliphatic rings. The van der Waals surface area contributed by atoms with Gasteiger partial charge < -0.3 is 14.7 Å². The molecule has 0 saturated carbocycles. The van der Waals surface area contributed by atoms with E-state index in [2.05, 4.69) is 20.0 Å². The van der Waals surface area contributed by atoms with Crippen LogP contribution in [-0.4, -0.2) is 40.1 Å². The van der Waals surface area contributed by atoms with Crippen LogP contribution in [0.1, 0.15) is 39.7 Å². The van der Waals surface area contributed by atoms with Crippen LogP contribution in [0.15, 0.2) is 40.9 Å². The Bertz CT molecular complexity index is 1230. The molecular formula is C22H17ClF4N4O2. The van der Waals surface area contributed by atoms with E-state index in [4.69, 9.17) is 11.6 Å². The van der Waals surface area contributed by atoms with Gasteiger partial charge in [0.25, 0.3) is 5.91 Å². The number of nitrogens with one attached hydrogen (secondary N) is 1. The summed E-state index contributed by atoms with van der Waals surface area (Å²) in [5, 5.41) is 6.72. The first-order chi connectivity index (χ1) is 15.7. The van der Waals surface area contributed by atoms with Crippen molar-refractivity contribution in [2.24, 2.45) is 0 Å². The van der Waals surface area contributed by atoms with Gasteiger partial charge in [0.1, 0.15) is 5.82 Å². The normalized spacial score (nSPS) is 20.9. The summed E-state index contributed by atoms with van der Waals surface area (Å²) in [6.07, 6.45) is -4.08. The van der Waals surface area contributed by atoms with Gasteiger partial charge in [-0.2, -0.15) is 18.2 Å². The van der Waals surface area contributed by atoms with Gasteiger partial charge in [-0.3, -0.25) is 4.79 Å². The molecule has 0 bridgehead atoms. The van der Waals surface area contributed by atoms with Gasteiger partial charge in [0.2, 0.25) is 5.82 Å². The quantitative estimate of drug-likeness (QED) is 0.553. The van der Waals surface area contributed by atoms with Crippen LogP contribution in [0.2, 0.25) is 5.02 Å². The van der Waals surface area contributed by atoms with Gasteiger partial charge in [-0.25, -0.2) is 4.39 Å². The number of alkyl halides is 3. The Balaban J connectivity index is 1.43. The van der Waals surface area contributed by atoms with Crippen molar-refractivity contribution >= 4 is 17.5 Å². The van der Waals surface area contributed by atoms with Gasteiger partial charge in [0.15, 0.2) is 0 Å². The van der Waals surface area contributed by atoms with E-state index in [1.807, 2.05) is 0 Å². The fraction of sp³-hybridized carbons (Fsp3) is 0.318. The summed E-state index contributed by atoms with van der Waals surface area (Å²) in [4.78, 5) is 18.4. The molecule has 1 saturated heterocycles. The highest BCUT2D eigenvalue weighted by molar-refractivity contribution is 6.30. The number of piperidine rings is 1. The van der Waals surface area contributed by atoms with Crippen molar-refractivity contribution in [1.29, 1.82) is 0 Å². The van der Waals surface area contributed by atoms with Crippen LogP contribution < -0.4 is 5.32 Å². The van der Waals surface area contributed by atoms with Crippen LogP contribution >= 0.6 is 11.6 Å². The molecule has 3 heterocycles. The molecule has 0 aliphatic carbocycles. The summed E-state index contributed by atoms with van der Waals surface area (Å²) < 4.78 is 56.7. The van der Waals surface area contributed by atoms with Gasteiger partial charge >= 0.3 is 12.1 Å². The molecule has 33 heavy (non-hydrogen) atoms. The molecule has 2 aromatic carbocycles. The summed E-state index contributed by atoms with van der Waals surface area (Å²) in [6, 6.07) is 9.21. The van der Waals surface area contributed by atoms with Gasteiger partial charge in [-0.1, -0.05) is 35.0 Å². The summed E-state index contributed by atoms with van der Waals surface area (Å²) in [7, 11) is 0. The number of carbonyl (C=O) groups is 1. The molecule has 11 heteroatoms. The Morgan fingerprint density at radius 3 is 2.73 bits per heavy atom. The predicted octanol–water partition coefficient (Wildman–Crippen LogP) is 4.65. The predicted molar refractivity (Wildman–Crippen MR) is 110 cm³/mol. The van der Waals surface area contributed by atoms with Gasteiger partial charge in [-0.15, -0.1) is 0 Å². The number of hydrogen-bond donors (Lipinski definition) is 1. The van der Waals surface area contributed by atoms with Crippen molar-refractivity contribution in [3.05, 3.63) is 69.8 Å². The first kappa shape index (κ1) is 21.8. The van der Waals surface area contributed by atoms with E-state index in [1.165, 1.54) is 18.2 Å². The lowest BCUT2D eigenvalue weighted by Crippen LogP contribution is -2.48. The molecule has 1 N–H and O–H groups in total. The first-order valence-electron chi connectivity index (χ1n) is 10.2. The maximum absolute atomic E-state index is 14.1. The zero-order valence-corrected chi connectivity index (χ0v) is 17.8. The number of hydrogen-bond acceptors (Lipinski definition) is 5. The number of carbonyl (C=O) groups excluding carboxylic acids is 1. The van der Waals surface area contributed by atoms with Crippen molar-refractivity contribution in [2.45, 2.75) is 31.1 Å². The van der Waals surface area contributed by atoms with Crippen molar-refractivity contribution in [3.8, 4) is 11.4 Å². The number of amides is 1. The van der Waals surface area contributed by atoms with Crippen LogP contribution in [0.25, 0.3) is 11.4 Å². The maximum Gasteiger partial charge on any atom is 0.471 e. The summed E-state index contributed by atoms with van der Waals surface area (Å²) in [5.41, 5.74) is 2.13. The van der Waals surface area contributed by atoms with E-state index < -0.39 is 17.9 Å². The number of nitrogens with zero attached hydrogens (tertiary/aromatic N) is 3. The second-order valence-electron chi connectivity index (χ2n) is 8.07. The standard InChI is InChI=1S/C22H17ClF4N4O2/c23-16-4-3-11(8-17(16)24)15-9-28-6-5-18(15)31-10-13-2-1-12(7-14(13)20(31)32)19-29-21(33-30-19)22(25,26)27/h1-4,7-8,15,18,28H,5-6,9-10H2/t15-,18?/m0/s1. The minimum Gasteiger partial charge on any atom is -0.331 e. The maximum atomic E-state index is 14.1. The molecule has 1 unspecified atom stereocenters. The van der Waals surface area contributed by atoms with E-state index in [0.717, 1.165) is 11.1 Å². The van der Waals surface area contributed by atoms with Gasteiger partial charge in [0, 0.05) is 36.2 Å². The van der Waals surface area contributed by atoms with Crippen molar-refractivity contribution in [2.75, 3.05) is 13.1 Å². The zero-order valence-electron chi connectivity index (χ0n) is 17.0. The smallest absolute Gasteiger partial charge is 0.331 e. The fourth-order valence-electron chi connectivity index (χ4n) is 4.49. The minimum atomic E-state index is -4.75.